The smallest absolute Gasteiger partial charge is 0.292 e. The molecule has 3 rings (SSSR count). The van der Waals surface area contributed by atoms with Crippen LogP contribution >= 0.6 is 11.6 Å². The summed E-state index contributed by atoms with van der Waals surface area (Å²) >= 11 is 6.11. The number of rotatable bonds is 5. The number of furan rings is 1. The lowest BCUT2D eigenvalue weighted by atomic mass is 10.3. The van der Waals surface area contributed by atoms with Gasteiger partial charge in [-0.25, -0.2) is 0 Å². The Labute approximate surface area is 142 Å². The van der Waals surface area contributed by atoms with Crippen LogP contribution < -0.4 is 15.7 Å². The van der Waals surface area contributed by atoms with Crippen molar-refractivity contribution < 1.29 is 9.15 Å². The van der Waals surface area contributed by atoms with Crippen LogP contribution in [0.2, 0.25) is 5.02 Å². The fraction of sp³-hybridized carbons (Fsp3) is 0.0625. The normalized spacial score (nSPS) is 10.9. The Morgan fingerprint density at radius 3 is 2.79 bits per heavy atom. The summed E-state index contributed by atoms with van der Waals surface area (Å²) in [4.78, 5) is 12.4. The fourth-order valence-corrected chi connectivity index (χ4v) is 2.12. The summed E-state index contributed by atoms with van der Waals surface area (Å²) in [5.41, 5.74) is 3.09. The van der Waals surface area contributed by atoms with Gasteiger partial charge in [0.05, 0.1) is 31.5 Å². The van der Waals surface area contributed by atoms with Crippen molar-refractivity contribution in [1.29, 1.82) is 0 Å². The molecule has 0 aliphatic heterocycles. The van der Waals surface area contributed by atoms with Gasteiger partial charge < -0.3 is 9.15 Å². The van der Waals surface area contributed by atoms with Crippen molar-refractivity contribution in [3.8, 4) is 11.4 Å². The Kier molecular flexibility index (Phi) is 4.62. The largest absolute Gasteiger partial charge is 0.497 e. The lowest BCUT2D eigenvalue weighted by molar-refractivity contribution is 0.414. The molecule has 1 aromatic carbocycles. The van der Waals surface area contributed by atoms with Crippen molar-refractivity contribution in [3.63, 3.8) is 0 Å². The van der Waals surface area contributed by atoms with E-state index in [1.165, 1.54) is 23.4 Å². The Hall–Kier alpha value is -3.06. The minimum atomic E-state index is -0.458. The van der Waals surface area contributed by atoms with Gasteiger partial charge in [0.25, 0.3) is 5.56 Å². The molecular weight excluding hydrogens is 332 g/mol. The number of halogens is 1. The molecule has 0 saturated carbocycles. The molecule has 0 aliphatic carbocycles. The second kappa shape index (κ2) is 7.01. The molecule has 122 valence electrons. The van der Waals surface area contributed by atoms with Gasteiger partial charge >= 0.3 is 0 Å². The zero-order chi connectivity index (χ0) is 16.9. The molecule has 0 bridgehead atoms. The Morgan fingerprint density at radius 1 is 1.33 bits per heavy atom. The number of benzene rings is 1. The highest BCUT2D eigenvalue weighted by Gasteiger charge is 2.10. The highest BCUT2D eigenvalue weighted by Crippen LogP contribution is 2.18. The lowest BCUT2D eigenvalue weighted by Gasteiger charge is -2.08. The van der Waals surface area contributed by atoms with Gasteiger partial charge in [0.1, 0.15) is 22.2 Å². The van der Waals surface area contributed by atoms with Crippen LogP contribution in [0.4, 0.5) is 5.69 Å². The van der Waals surface area contributed by atoms with Crippen molar-refractivity contribution in [2.24, 2.45) is 5.10 Å². The fourth-order valence-electron chi connectivity index (χ4n) is 1.95. The predicted molar refractivity (Wildman–Crippen MR) is 91.3 cm³/mol. The van der Waals surface area contributed by atoms with Gasteiger partial charge in [0.15, 0.2) is 0 Å². The van der Waals surface area contributed by atoms with Crippen molar-refractivity contribution in [2.75, 3.05) is 12.5 Å². The van der Waals surface area contributed by atoms with Crippen LogP contribution in [0, 0.1) is 0 Å². The zero-order valence-corrected chi connectivity index (χ0v) is 13.4. The SMILES string of the molecule is COc1ccc(-n2ncc(N/N=C\c3ccco3)c(Cl)c2=O)cc1. The third-order valence-corrected chi connectivity index (χ3v) is 3.52. The molecule has 0 atom stereocenters. The summed E-state index contributed by atoms with van der Waals surface area (Å²) in [7, 11) is 1.57. The summed E-state index contributed by atoms with van der Waals surface area (Å²) in [6.07, 6.45) is 4.42. The Morgan fingerprint density at radius 2 is 2.12 bits per heavy atom. The summed E-state index contributed by atoms with van der Waals surface area (Å²) < 4.78 is 11.4. The number of nitrogens with zero attached hydrogens (tertiary/aromatic N) is 3. The van der Waals surface area contributed by atoms with Crippen LogP contribution in [0.3, 0.4) is 0 Å². The third kappa shape index (κ3) is 3.31. The van der Waals surface area contributed by atoms with Crippen molar-refractivity contribution in [3.05, 3.63) is 70.0 Å². The number of nitrogens with one attached hydrogen (secondary N) is 1. The van der Waals surface area contributed by atoms with Crippen LogP contribution in [0.5, 0.6) is 5.75 Å². The number of hydrogen-bond acceptors (Lipinski definition) is 6. The van der Waals surface area contributed by atoms with Gasteiger partial charge in [0, 0.05) is 0 Å². The highest BCUT2D eigenvalue weighted by molar-refractivity contribution is 6.32. The van der Waals surface area contributed by atoms with Crippen LogP contribution in [-0.2, 0) is 0 Å². The van der Waals surface area contributed by atoms with E-state index in [1.54, 1.807) is 43.5 Å². The molecule has 1 N–H and O–H groups in total. The zero-order valence-electron chi connectivity index (χ0n) is 12.6. The Bertz CT molecular complexity index is 902. The number of hydrogen-bond donors (Lipinski definition) is 1. The van der Waals surface area contributed by atoms with E-state index >= 15 is 0 Å². The molecule has 0 aliphatic rings. The maximum Gasteiger partial charge on any atom is 0.292 e. The minimum absolute atomic E-state index is 0.0163. The molecule has 0 unspecified atom stereocenters. The first-order chi connectivity index (χ1) is 11.7. The second-order valence-electron chi connectivity index (χ2n) is 4.67. The highest BCUT2D eigenvalue weighted by atomic mass is 35.5. The van der Waals surface area contributed by atoms with Crippen molar-refractivity contribution in [2.45, 2.75) is 0 Å². The van der Waals surface area contributed by atoms with Gasteiger partial charge in [-0.1, -0.05) is 11.6 Å². The topological polar surface area (TPSA) is 81.7 Å². The number of ether oxygens (including phenoxy) is 1. The average Bonchev–Trinajstić information content (AvgIpc) is 3.12. The number of aromatic nitrogens is 2. The van der Waals surface area contributed by atoms with E-state index in [0.717, 1.165) is 0 Å². The summed E-state index contributed by atoms with van der Waals surface area (Å²) in [5, 5.41) is 8.04. The first-order valence-corrected chi connectivity index (χ1v) is 7.31. The summed E-state index contributed by atoms with van der Waals surface area (Å²) in [5.74, 6) is 1.25. The number of methoxy groups -OCH3 is 1. The molecule has 0 radical (unpaired) electrons. The van der Waals surface area contributed by atoms with E-state index in [9.17, 15) is 4.79 Å². The van der Waals surface area contributed by atoms with Gasteiger partial charge in [-0.3, -0.25) is 10.2 Å². The molecule has 24 heavy (non-hydrogen) atoms. The van der Waals surface area contributed by atoms with E-state index in [0.29, 0.717) is 22.9 Å². The lowest BCUT2D eigenvalue weighted by Crippen LogP contribution is -2.22. The van der Waals surface area contributed by atoms with Crippen molar-refractivity contribution in [1.82, 2.24) is 9.78 Å². The molecule has 0 spiro atoms. The second-order valence-corrected chi connectivity index (χ2v) is 5.05. The van der Waals surface area contributed by atoms with Crippen LogP contribution in [0.15, 0.2) is 63.2 Å². The van der Waals surface area contributed by atoms with Gasteiger partial charge in [-0.15, -0.1) is 0 Å². The summed E-state index contributed by atoms with van der Waals surface area (Å²) in [6.45, 7) is 0. The molecule has 3 aromatic rings. The average molecular weight is 345 g/mol. The minimum Gasteiger partial charge on any atom is -0.497 e. The van der Waals surface area contributed by atoms with E-state index in [2.05, 4.69) is 15.6 Å². The molecule has 2 heterocycles. The van der Waals surface area contributed by atoms with Crippen LogP contribution in [0.1, 0.15) is 5.76 Å². The molecule has 0 fully saturated rings. The maximum absolute atomic E-state index is 12.4. The Balaban J connectivity index is 1.84. The van der Waals surface area contributed by atoms with E-state index in [-0.39, 0.29) is 5.02 Å². The summed E-state index contributed by atoms with van der Waals surface area (Å²) in [6, 6.07) is 10.4. The van der Waals surface area contributed by atoms with E-state index < -0.39 is 5.56 Å². The third-order valence-electron chi connectivity index (χ3n) is 3.16. The number of anilines is 1. The first kappa shape index (κ1) is 15.8. The van der Waals surface area contributed by atoms with Gasteiger partial charge in [0.2, 0.25) is 0 Å². The standard InChI is InChI=1S/C16H13ClN4O3/c1-23-12-6-4-11(5-7-12)21-16(22)15(17)14(10-19-21)20-18-9-13-3-2-8-24-13/h2-10,20H,1H3/b18-9-. The van der Waals surface area contributed by atoms with E-state index in [4.69, 9.17) is 20.8 Å². The van der Waals surface area contributed by atoms with Crippen LogP contribution in [-0.4, -0.2) is 23.1 Å². The van der Waals surface area contributed by atoms with Crippen LogP contribution in [0.25, 0.3) is 5.69 Å². The quantitative estimate of drug-likeness (QED) is 0.568. The molecule has 0 saturated heterocycles. The molecule has 0 amide bonds. The molecule has 7 nitrogen and oxygen atoms in total. The van der Waals surface area contributed by atoms with Gasteiger partial charge in [-0.2, -0.15) is 14.9 Å². The van der Waals surface area contributed by atoms with Crippen molar-refractivity contribution >= 4 is 23.5 Å². The first-order valence-electron chi connectivity index (χ1n) is 6.94. The predicted octanol–water partition coefficient (Wildman–Crippen LogP) is 2.93. The number of hydrazone groups is 1. The maximum atomic E-state index is 12.4. The van der Waals surface area contributed by atoms with Gasteiger partial charge in [-0.05, 0) is 36.4 Å². The monoisotopic (exact) mass is 344 g/mol. The van der Waals surface area contributed by atoms with E-state index in [1.807, 2.05) is 0 Å². The molecule has 2 aromatic heterocycles. The molecular formula is C16H13ClN4O3. The molecule has 8 heteroatoms.